The third-order valence-corrected chi connectivity index (χ3v) is 2.76. The van der Waals surface area contributed by atoms with Crippen LogP contribution >= 0.6 is 0 Å². The molecule has 0 aromatic heterocycles. The number of primary amides is 1. The van der Waals surface area contributed by atoms with E-state index in [4.69, 9.17) is 5.73 Å². The summed E-state index contributed by atoms with van der Waals surface area (Å²) in [5.74, 6) is -0.409. The molecule has 92 valence electrons. The number of anilines is 1. The van der Waals surface area contributed by atoms with Crippen LogP contribution in [0.25, 0.3) is 11.1 Å². The normalized spacial score (nSPS) is 10.1. The van der Waals surface area contributed by atoms with Gasteiger partial charge in [0.25, 0.3) is 0 Å². The van der Waals surface area contributed by atoms with Gasteiger partial charge in [0.05, 0.1) is 0 Å². The molecule has 2 aromatic rings. The van der Waals surface area contributed by atoms with Gasteiger partial charge in [0.1, 0.15) is 0 Å². The summed E-state index contributed by atoms with van der Waals surface area (Å²) in [7, 11) is 0. The Hall–Kier alpha value is -2.29. The summed E-state index contributed by atoms with van der Waals surface area (Å²) in [6.07, 6.45) is 0. The van der Waals surface area contributed by atoms with Gasteiger partial charge in [-0.05, 0) is 24.6 Å². The minimum Gasteiger partial charge on any atom is -0.385 e. The number of nitrogens with two attached hydrogens (primary N) is 1. The van der Waals surface area contributed by atoms with Crippen molar-refractivity contribution in [2.45, 2.75) is 6.92 Å². The Morgan fingerprint density at radius 2 is 1.83 bits per heavy atom. The highest BCUT2D eigenvalue weighted by molar-refractivity contribution is 6.03. The SMILES string of the molecule is CCNc1cccc(C(N)=O)c1-c1ccccc1. The molecule has 0 aliphatic heterocycles. The lowest BCUT2D eigenvalue weighted by atomic mass is 9.97. The summed E-state index contributed by atoms with van der Waals surface area (Å²) in [6.45, 7) is 2.81. The van der Waals surface area contributed by atoms with Crippen molar-refractivity contribution >= 4 is 11.6 Å². The average molecular weight is 240 g/mol. The average Bonchev–Trinajstić information content (AvgIpc) is 2.40. The molecular formula is C15H16N2O. The van der Waals surface area contributed by atoms with E-state index in [9.17, 15) is 4.79 Å². The predicted octanol–water partition coefficient (Wildman–Crippen LogP) is 2.88. The van der Waals surface area contributed by atoms with Crippen molar-refractivity contribution in [2.75, 3.05) is 11.9 Å². The van der Waals surface area contributed by atoms with Gasteiger partial charge in [0.2, 0.25) is 5.91 Å². The smallest absolute Gasteiger partial charge is 0.249 e. The summed E-state index contributed by atoms with van der Waals surface area (Å²) in [4.78, 5) is 11.5. The first kappa shape index (κ1) is 12.2. The quantitative estimate of drug-likeness (QED) is 0.863. The van der Waals surface area contributed by atoms with Gasteiger partial charge in [0.15, 0.2) is 0 Å². The summed E-state index contributed by atoms with van der Waals surface area (Å²) in [6, 6.07) is 15.3. The van der Waals surface area contributed by atoms with E-state index in [1.54, 1.807) is 6.07 Å². The second-order valence-corrected chi connectivity index (χ2v) is 3.99. The molecule has 0 fully saturated rings. The lowest BCUT2D eigenvalue weighted by molar-refractivity contribution is 0.100. The molecule has 2 aromatic carbocycles. The summed E-state index contributed by atoms with van der Waals surface area (Å²) in [5, 5.41) is 3.26. The lowest BCUT2D eigenvalue weighted by Crippen LogP contribution is -2.13. The Balaban J connectivity index is 2.64. The van der Waals surface area contributed by atoms with Crippen LogP contribution in [0.1, 0.15) is 17.3 Å². The molecule has 0 saturated carbocycles. The van der Waals surface area contributed by atoms with Crippen molar-refractivity contribution in [3.63, 3.8) is 0 Å². The van der Waals surface area contributed by atoms with E-state index in [0.29, 0.717) is 5.56 Å². The topological polar surface area (TPSA) is 55.1 Å². The predicted molar refractivity (Wildman–Crippen MR) is 74.6 cm³/mol. The Morgan fingerprint density at radius 3 is 2.44 bits per heavy atom. The molecule has 0 aliphatic rings. The van der Waals surface area contributed by atoms with Crippen molar-refractivity contribution in [3.8, 4) is 11.1 Å². The van der Waals surface area contributed by atoms with Crippen LogP contribution in [0.2, 0.25) is 0 Å². The molecule has 0 spiro atoms. The maximum absolute atomic E-state index is 11.5. The van der Waals surface area contributed by atoms with E-state index < -0.39 is 5.91 Å². The van der Waals surface area contributed by atoms with Gasteiger partial charge in [-0.25, -0.2) is 0 Å². The number of hydrogen-bond acceptors (Lipinski definition) is 2. The molecule has 1 amide bonds. The second-order valence-electron chi connectivity index (χ2n) is 3.99. The van der Waals surface area contributed by atoms with Crippen molar-refractivity contribution < 1.29 is 4.79 Å². The van der Waals surface area contributed by atoms with Gasteiger partial charge in [-0.1, -0.05) is 36.4 Å². The molecule has 0 aliphatic carbocycles. The molecule has 2 rings (SSSR count). The summed E-state index contributed by atoms with van der Waals surface area (Å²) < 4.78 is 0. The minimum atomic E-state index is -0.409. The molecule has 3 heteroatoms. The van der Waals surface area contributed by atoms with E-state index >= 15 is 0 Å². The third kappa shape index (κ3) is 2.35. The van der Waals surface area contributed by atoms with Crippen molar-refractivity contribution in [2.24, 2.45) is 5.73 Å². The Morgan fingerprint density at radius 1 is 1.11 bits per heavy atom. The van der Waals surface area contributed by atoms with E-state index in [1.807, 2.05) is 49.4 Å². The number of amides is 1. The lowest BCUT2D eigenvalue weighted by Gasteiger charge is -2.14. The zero-order valence-corrected chi connectivity index (χ0v) is 10.3. The van der Waals surface area contributed by atoms with E-state index in [-0.39, 0.29) is 0 Å². The standard InChI is InChI=1S/C15H16N2O/c1-2-17-13-10-6-9-12(15(16)18)14(13)11-7-4-3-5-8-11/h3-10,17H,2H2,1H3,(H2,16,18). The molecule has 0 bridgehead atoms. The van der Waals surface area contributed by atoms with Gasteiger partial charge in [-0.3, -0.25) is 4.79 Å². The third-order valence-electron chi connectivity index (χ3n) is 2.76. The van der Waals surface area contributed by atoms with Crippen LogP contribution in [0, 0.1) is 0 Å². The van der Waals surface area contributed by atoms with Crippen molar-refractivity contribution in [1.29, 1.82) is 0 Å². The van der Waals surface area contributed by atoms with Crippen LogP contribution in [0.4, 0.5) is 5.69 Å². The maximum atomic E-state index is 11.5. The van der Waals surface area contributed by atoms with Crippen LogP contribution in [0.5, 0.6) is 0 Å². The fraction of sp³-hybridized carbons (Fsp3) is 0.133. The molecule has 0 radical (unpaired) electrons. The molecule has 0 atom stereocenters. The zero-order chi connectivity index (χ0) is 13.0. The Kier molecular flexibility index (Phi) is 3.63. The fourth-order valence-electron chi connectivity index (χ4n) is 2.01. The fourth-order valence-corrected chi connectivity index (χ4v) is 2.01. The van der Waals surface area contributed by atoms with Crippen molar-refractivity contribution in [1.82, 2.24) is 0 Å². The number of hydrogen-bond donors (Lipinski definition) is 2. The van der Waals surface area contributed by atoms with Crippen LogP contribution in [0.3, 0.4) is 0 Å². The van der Waals surface area contributed by atoms with Crippen LogP contribution < -0.4 is 11.1 Å². The summed E-state index contributed by atoms with van der Waals surface area (Å²) >= 11 is 0. The molecule has 3 N–H and O–H groups in total. The van der Waals surface area contributed by atoms with Gasteiger partial charge in [-0.15, -0.1) is 0 Å². The van der Waals surface area contributed by atoms with E-state index in [2.05, 4.69) is 5.32 Å². The maximum Gasteiger partial charge on any atom is 0.249 e. The van der Waals surface area contributed by atoms with Crippen molar-refractivity contribution in [3.05, 3.63) is 54.1 Å². The monoisotopic (exact) mass is 240 g/mol. The van der Waals surface area contributed by atoms with E-state index in [1.165, 1.54) is 0 Å². The van der Waals surface area contributed by atoms with E-state index in [0.717, 1.165) is 23.4 Å². The van der Waals surface area contributed by atoms with Gasteiger partial charge in [0, 0.05) is 23.4 Å². The minimum absolute atomic E-state index is 0.409. The molecule has 3 nitrogen and oxygen atoms in total. The highest BCUT2D eigenvalue weighted by Crippen LogP contribution is 2.31. The van der Waals surface area contributed by atoms with Crippen LogP contribution in [-0.2, 0) is 0 Å². The number of nitrogens with one attached hydrogen (secondary N) is 1. The first-order chi connectivity index (χ1) is 8.74. The van der Waals surface area contributed by atoms with Crippen LogP contribution in [-0.4, -0.2) is 12.5 Å². The number of carbonyl (C=O) groups is 1. The highest BCUT2D eigenvalue weighted by Gasteiger charge is 2.13. The first-order valence-corrected chi connectivity index (χ1v) is 5.96. The molecule has 0 unspecified atom stereocenters. The number of benzene rings is 2. The Labute approximate surface area is 107 Å². The molecule has 18 heavy (non-hydrogen) atoms. The zero-order valence-electron chi connectivity index (χ0n) is 10.3. The second kappa shape index (κ2) is 5.36. The molecular weight excluding hydrogens is 224 g/mol. The summed E-state index contributed by atoms with van der Waals surface area (Å²) in [5.41, 5.74) is 8.78. The molecule has 0 saturated heterocycles. The van der Waals surface area contributed by atoms with Gasteiger partial charge >= 0.3 is 0 Å². The van der Waals surface area contributed by atoms with Gasteiger partial charge in [-0.2, -0.15) is 0 Å². The number of rotatable bonds is 4. The Bertz CT molecular complexity index is 550. The first-order valence-electron chi connectivity index (χ1n) is 5.96. The van der Waals surface area contributed by atoms with Crippen LogP contribution in [0.15, 0.2) is 48.5 Å². The largest absolute Gasteiger partial charge is 0.385 e. The number of carbonyl (C=O) groups excluding carboxylic acids is 1. The molecule has 0 heterocycles. The highest BCUT2D eigenvalue weighted by atomic mass is 16.1. The van der Waals surface area contributed by atoms with Gasteiger partial charge < -0.3 is 11.1 Å².